The van der Waals surface area contributed by atoms with E-state index in [4.69, 9.17) is 0 Å². The van der Waals surface area contributed by atoms with Crippen LogP contribution in [0.5, 0.6) is 0 Å². The predicted octanol–water partition coefficient (Wildman–Crippen LogP) is 5.84. The summed E-state index contributed by atoms with van der Waals surface area (Å²) in [6.45, 7) is 2.22. The third-order valence-corrected chi connectivity index (χ3v) is 7.75. The van der Waals surface area contributed by atoms with Gasteiger partial charge in [0, 0.05) is 0 Å². The molecule has 2 aliphatic rings. The van der Waals surface area contributed by atoms with Crippen molar-refractivity contribution in [2.24, 2.45) is 5.92 Å². The van der Waals surface area contributed by atoms with E-state index in [0.717, 1.165) is 29.7 Å². The van der Waals surface area contributed by atoms with Crippen molar-refractivity contribution in [2.45, 2.75) is 109 Å². The van der Waals surface area contributed by atoms with E-state index >= 15 is 0 Å². The number of benzene rings is 1. The predicted molar refractivity (Wildman–Crippen MR) is 132 cm³/mol. The monoisotopic (exact) mass is 485 g/mol. The van der Waals surface area contributed by atoms with Gasteiger partial charge in [-0.2, -0.15) is 0 Å². The summed E-state index contributed by atoms with van der Waals surface area (Å²) in [6.07, 6.45) is 13.7. The fourth-order valence-corrected chi connectivity index (χ4v) is 5.83. The summed E-state index contributed by atoms with van der Waals surface area (Å²) in [5.74, 6) is -5.38. The van der Waals surface area contributed by atoms with Crippen molar-refractivity contribution in [1.82, 2.24) is 4.90 Å². The lowest BCUT2D eigenvalue weighted by molar-refractivity contribution is -0.164. The van der Waals surface area contributed by atoms with Crippen LogP contribution in [0.2, 0.25) is 0 Å². The molecule has 0 spiro atoms. The zero-order valence-electron chi connectivity index (χ0n) is 20.9. The molecule has 192 valence electrons. The molecule has 2 unspecified atom stereocenters. The lowest BCUT2D eigenvalue weighted by atomic mass is 9.71. The molecule has 1 heterocycles. The van der Waals surface area contributed by atoms with Gasteiger partial charge in [-0.15, -0.1) is 0 Å². The summed E-state index contributed by atoms with van der Waals surface area (Å²) < 4.78 is 0. The molecule has 0 radical (unpaired) electrons. The highest BCUT2D eigenvalue weighted by atomic mass is 16.4. The SMILES string of the molecule is CCCCCCCCCCCCc1cccc2c1C(=O)N(C1(C(=O)O)CCCCC1C(=O)O)C2=O. The molecule has 1 aliphatic heterocycles. The number of carboxylic acids is 2. The molecule has 1 saturated carbocycles. The Morgan fingerprint density at radius 1 is 0.914 bits per heavy atom. The van der Waals surface area contributed by atoms with Gasteiger partial charge in [-0.05, 0) is 37.3 Å². The summed E-state index contributed by atoms with van der Waals surface area (Å²) in [5.41, 5.74) is -0.865. The zero-order chi connectivity index (χ0) is 25.4. The van der Waals surface area contributed by atoms with Crippen LogP contribution in [0.25, 0.3) is 0 Å². The number of fused-ring (bicyclic) bond motifs is 1. The number of hydrogen-bond acceptors (Lipinski definition) is 4. The van der Waals surface area contributed by atoms with Crippen molar-refractivity contribution in [3.05, 3.63) is 34.9 Å². The number of amides is 2. The Morgan fingerprint density at radius 3 is 2.14 bits per heavy atom. The van der Waals surface area contributed by atoms with Gasteiger partial charge in [0.15, 0.2) is 5.54 Å². The Morgan fingerprint density at radius 2 is 1.54 bits per heavy atom. The van der Waals surface area contributed by atoms with E-state index in [2.05, 4.69) is 6.92 Å². The Bertz CT molecular complexity index is 941. The molecule has 2 amide bonds. The number of imide groups is 1. The van der Waals surface area contributed by atoms with Gasteiger partial charge >= 0.3 is 11.9 Å². The molecule has 0 saturated heterocycles. The highest BCUT2D eigenvalue weighted by molar-refractivity contribution is 6.24. The molecule has 35 heavy (non-hydrogen) atoms. The lowest BCUT2D eigenvalue weighted by Gasteiger charge is -2.43. The fraction of sp³-hybridized carbons (Fsp3) is 0.643. The molecule has 0 aromatic heterocycles. The van der Waals surface area contributed by atoms with Crippen LogP contribution in [0.1, 0.15) is 123 Å². The molecule has 3 rings (SSSR count). The number of aryl methyl sites for hydroxylation is 1. The second-order valence-corrected chi connectivity index (χ2v) is 10.1. The molecule has 7 nitrogen and oxygen atoms in total. The van der Waals surface area contributed by atoms with Gasteiger partial charge in [0.2, 0.25) is 0 Å². The molecule has 2 N–H and O–H groups in total. The van der Waals surface area contributed by atoms with Gasteiger partial charge in [-0.1, -0.05) is 89.7 Å². The molecule has 1 aromatic rings. The second-order valence-electron chi connectivity index (χ2n) is 10.1. The van der Waals surface area contributed by atoms with Crippen molar-refractivity contribution < 1.29 is 29.4 Å². The normalized spacial score (nSPS) is 21.9. The number of rotatable bonds is 14. The summed E-state index contributed by atoms with van der Waals surface area (Å²) in [6, 6.07) is 5.10. The van der Waals surface area contributed by atoms with Gasteiger partial charge < -0.3 is 10.2 Å². The van der Waals surface area contributed by atoms with Crippen molar-refractivity contribution in [1.29, 1.82) is 0 Å². The molecule has 7 heteroatoms. The van der Waals surface area contributed by atoms with E-state index in [0.29, 0.717) is 19.3 Å². The number of unbranched alkanes of at least 4 members (excludes halogenated alkanes) is 9. The summed E-state index contributed by atoms with van der Waals surface area (Å²) >= 11 is 0. The van der Waals surface area contributed by atoms with Crippen molar-refractivity contribution in [3.63, 3.8) is 0 Å². The Kier molecular flexibility index (Phi) is 9.47. The maximum absolute atomic E-state index is 13.5. The number of nitrogens with zero attached hydrogens (tertiary/aromatic N) is 1. The largest absolute Gasteiger partial charge is 0.481 e. The van der Waals surface area contributed by atoms with Crippen LogP contribution in [0, 0.1) is 5.92 Å². The molecule has 2 atom stereocenters. The van der Waals surface area contributed by atoms with E-state index in [1.807, 2.05) is 6.07 Å². The first kappa shape index (κ1) is 26.9. The molecule has 1 fully saturated rings. The van der Waals surface area contributed by atoms with Crippen LogP contribution in [-0.2, 0) is 16.0 Å². The standard InChI is InChI=1S/C28H39NO6/c1-2-3-4-5-6-7-8-9-10-11-15-20-16-14-17-21-23(20)25(31)29(24(21)30)28(27(34)35)19-13-12-18-22(28)26(32)33/h14,16-17,22H,2-13,15,18-19H2,1H3,(H,32,33)(H,34,35). The Hall–Kier alpha value is -2.70. The number of carboxylic acid groups (broad SMARTS) is 2. The van der Waals surface area contributed by atoms with E-state index in [9.17, 15) is 29.4 Å². The minimum Gasteiger partial charge on any atom is -0.481 e. The summed E-state index contributed by atoms with van der Waals surface area (Å²) in [4.78, 5) is 52.1. The summed E-state index contributed by atoms with van der Waals surface area (Å²) in [7, 11) is 0. The van der Waals surface area contributed by atoms with Gasteiger partial charge in [-0.3, -0.25) is 19.3 Å². The highest BCUT2D eigenvalue weighted by Crippen LogP contribution is 2.44. The second kappa shape index (κ2) is 12.3. The topological polar surface area (TPSA) is 112 Å². The van der Waals surface area contributed by atoms with E-state index in [-0.39, 0.29) is 24.0 Å². The highest BCUT2D eigenvalue weighted by Gasteiger charge is 2.61. The minimum atomic E-state index is -2.05. The van der Waals surface area contributed by atoms with Crippen LogP contribution in [0.4, 0.5) is 0 Å². The quantitative estimate of drug-likeness (QED) is 0.253. The molecule has 0 bridgehead atoms. The van der Waals surface area contributed by atoms with E-state index in [1.165, 1.54) is 44.9 Å². The van der Waals surface area contributed by atoms with Gasteiger partial charge in [0.1, 0.15) is 0 Å². The van der Waals surface area contributed by atoms with E-state index in [1.54, 1.807) is 12.1 Å². The maximum atomic E-state index is 13.5. The van der Waals surface area contributed by atoms with Crippen molar-refractivity contribution in [3.8, 4) is 0 Å². The number of carbonyl (C=O) groups is 4. The molecular formula is C28H39NO6. The lowest BCUT2D eigenvalue weighted by Crippen LogP contribution is -2.64. The van der Waals surface area contributed by atoms with Gasteiger partial charge in [-0.25, -0.2) is 4.79 Å². The number of aliphatic carboxylic acids is 2. The third-order valence-electron chi connectivity index (χ3n) is 7.75. The minimum absolute atomic E-state index is 0.0431. The Balaban J connectivity index is 1.68. The average molecular weight is 486 g/mol. The van der Waals surface area contributed by atoms with Crippen LogP contribution in [0.15, 0.2) is 18.2 Å². The van der Waals surface area contributed by atoms with Gasteiger partial charge in [0.25, 0.3) is 11.8 Å². The zero-order valence-corrected chi connectivity index (χ0v) is 20.9. The first-order valence-electron chi connectivity index (χ1n) is 13.3. The first-order chi connectivity index (χ1) is 16.9. The summed E-state index contributed by atoms with van der Waals surface area (Å²) in [5, 5.41) is 19.9. The number of carbonyl (C=O) groups excluding carboxylic acids is 2. The molecular weight excluding hydrogens is 446 g/mol. The van der Waals surface area contributed by atoms with Crippen LogP contribution in [-0.4, -0.2) is 44.4 Å². The van der Waals surface area contributed by atoms with E-state index < -0.39 is 35.2 Å². The third kappa shape index (κ3) is 5.60. The average Bonchev–Trinajstić information content (AvgIpc) is 3.10. The fourth-order valence-electron chi connectivity index (χ4n) is 5.83. The van der Waals surface area contributed by atoms with Gasteiger partial charge in [0.05, 0.1) is 17.0 Å². The van der Waals surface area contributed by atoms with Crippen molar-refractivity contribution >= 4 is 23.8 Å². The number of hydrogen-bond donors (Lipinski definition) is 2. The maximum Gasteiger partial charge on any atom is 0.331 e. The molecule has 1 aromatic carbocycles. The van der Waals surface area contributed by atoms with Crippen LogP contribution < -0.4 is 0 Å². The Labute approximate surface area is 207 Å². The molecule has 1 aliphatic carbocycles. The van der Waals surface area contributed by atoms with Crippen molar-refractivity contribution in [2.75, 3.05) is 0 Å². The first-order valence-corrected chi connectivity index (χ1v) is 13.3. The van der Waals surface area contributed by atoms with Crippen LogP contribution >= 0.6 is 0 Å². The van der Waals surface area contributed by atoms with Crippen LogP contribution in [0.3, 0.4) is 0 Å². The smallest absolute Gasteiger partial charge is 0.331 e.